The molecule has 2 aromatic rings. The molecule has 6 heteroatoms. The molecule has 0 aliphatic rings. The first-order chi connectivity index (χ1) is 10.1. The maximum Gasteiger partial charge on any atom is 0.340 e. The summed E-state index contributed by atoms with van der Waals surface area (Å²) < 4.78 is 6.51. The van der Waals surface area contributed by atoms with Crippen molar-refractivity contribution in [2.75, 3.05) is 18.2 Å². The van der Waals surface area contributed by atoms with Crippen LogP contribution in [0.25, 0.3) is 0 Å². The van der Waals surface area contributed by atoms with E-state index >= 15 is 0 Å². The van der Waals surface area contributed by atoms with Crippen LogP contribution in [-0.2, 0) is 24.8 Å². The van der Waals surface area contributed by atoms with Gasteiger partial charge in [-0.3, -0.25) is 4.68 Å². The van der Waals surface area contributed by atoms with Gasteiger partial charge < -0.3 is 15.8 Å². The van der Waals surface area contributed by atoms with Crippen LogP contribution in [0.2, 0.25) is 0 Å². The zero-order valence-corrected chi connectivity index (χ0v) is 12.5. The minimum Gasteiger partial charge on any atom is -0.465 e. The maximum atomic E-state index is 11.6. The number of nitrogens with two attached hydrogens (primary N) is 1. The number of aryl methyl sites for hydroxylation is 2. The standard InChI is InChI=1S/C15H20N4O2/c1-4-12-10(9-19(2)18-12)8-17-13-7-5-6-11(14(13)16)15(20)21-3/h5-7,9,17H,4,8,16H2,1-3H3. The average Bonchev–Trinajstić information content (AvgIpc) is 2.85. The maximum absolute atomic E-state index is 11.6. The third kappa shape index (κ3) is 3.16. The largest absolute Gasteiger partial charge is 0.465 e. The van der Waals surface area contributed by atoms with E-state index in [1.54, 1.807) is 16.8 Å². The predicted octanol–water partition coefficient (Wildman–Crippen LogP) is 1.96. The van der Waals surface area contributed by atoms with E-state index in [4.69, 9.17) is 10.5 Å². The number of aromatic nitrogens is 2. The molecule has 112 valence electrons. The van der Waals surface area contributed by atoms with Gasteiger partial charge in [0.2, 0.25) is 0 Å². The third-order valence-corrected chi connectivity index (χ3v) is 3.31. The molecule has 1 aromatic heterocycles. The number of anilines is 2. The number of nitrogens with zero attached hydrogens (tertiary/aromatic N) is 2. The molecular formula is C15H20N4O2. The Hall–Kier alpha value is -2.50. The summed E-state index contributed by atoms with van der Waals surface area (Å²) in [6, 6.07) is 5.26. The number of ether oxygens (including phenoxy) is 1. The number of methoxy groups -OCH3 is 1. The highest BCUT2D eigenvalue weighted by atomic mass is 16.5. The molecule has 0 aliphatic carbocycles. The number of rotatable bonds is 5. The van der Waals surface area contributed by atoms with E-state index in [1.807, 2.05) is 19.3 Å². The Morgan fingerprint density at radius 3 is 2.90 bits per heavy atom. The molecule has 6 nitrogen and oxygen atoms in total. The van der Waals surface area contributed by atoms with Gasteiger partial charge in [-0.05, 0) is 18.6 Å². The van der Waals surface area contributed by atoms with Crippen LogP contribution in [0.15, 0.2) is 24.4 Å². The first-order valence-corrected chi connectivity index (χ1v) is 6.78. The fourth-order valence-corrected chi connectivity index (χ4v) is 2.23. The van der Waals surface area contributed by atoms with Crippen LogP contribution in [0.3, 0.4) is 0 Å². The summed E-state index contributed by atoms with van der Waals surface area (Å²) in [6.45, 7) is 2.67. The zero-order valence-electron chi connectivity index (χ0n) is 12.5. The van der Waals surface area contributed by atoms with Crippen LogP contribution in [0.4, 0.5) is 11.4 Å². The van der Waals surface area contributed by atoms with Crippen molar-refractivity contribution in [2.45, 2.75) is 19.9 Å². The molecule has 2 rings (SSSR count). The van der Waals surface area contributed by atoms with E-state index in [-0.39, 0.29) is 0 Å². The number of para-hydroxylation sites is 1. The lowest BCUT2D eigenvalue weighted by Gasteiger charge is -2.11. The molecular weight excluding hydrogens is 268 g/mol. The number of carbonyl (C=O) groups is 1. The van der Waals surface area contributed by atoms with Crippen molar-refractivity contribution < 1.29 is 9.53 Å². The van der Waals surface area contributed by atoms with Crippen LogP contribution in [0.1, 0.15) is 28.5 Å². The summed E-state index contributed by atoms with van der Waals surface area (Å²) in [5, 5.41) is 7.64. The number of carbonyl (C=O) groups excluding carboxylic acids is 1. The number of esters is 1. The quantitative estimate of drug-likeness (QED) is 0.649. The number of hydrogen-bond donors (Lipinski definition) is 2. The highest BCUT2D eigenvalue weighted by Crippen LogP contribution is 2.24. The second kappa shape index (κ2) is 6.30. The molecule has 0 radical (unpaired) electrons. The molecule has 0 amide bonds. The molecule has 3 N–H and O–H groups in total. The summed E-state index contributed by atoms with van der Waals surface area (Å²) in [6.07, 6.45) is 2.85. The zero-order chi connectivity index (χ0) is 15.4. The first-order valence-electron chi connectivity index (χ1n) is 6.78. The first kappa shape index (κ1) is 14.9. The van der Waals surface area contributed by atoms with Crippen molar-refractivity contribution in [3.63, 3.8) is 0 Å². The van der Waals surface area contributed by atoms with E-state index in [2.05, 4.69) is 17.3 Å². The smallest absolute Gasteiger partial charge is 0.340 e. The predicted molar refractivity (Wildman–Crippen MR) is 82.1 cm³/mol. The molecule has 0 saturated carbocycles. The lowest BCUT2D eigenvalue weighted by Crippen LogP contribution is -2.09. The molecule has 1 aromatic carbocycles. The molecule has 0 fully saturated rings. The van der Waals surface area contributed by atoms with Gasteiger partial charge in [0.25, 0.3) is 0 Å². The molecule has 0 aliphatic heterocycles. The molecule has 1 heterocycles. The van der Waals surface area contributed by atoms with Crippen LogP contribution >= 0.6 is 0 Å². The van der Waals surface area contributed by atoms with Gasteiger partial charge in [0.1, 0.15) is 0 Å². The van der Waals surface area contributed by atoms with Gasteiger partial charge in [-0.1, -0.05) is 13.0 Å². The van der Waals surface area contributed by atoms with Gasteiger partial charge in [-0.15, -0.1) is 0 Å². The number of nitrogens with one attached hydrogen (secondary N) is 1. The highest BCUT2D eigenvalue weighted by molar-refractivity contribution is 5.98. The van der Waals surface area contributed by atoms with Gasteiger partial charge in [-0.2, -0.15) is 5.10 Å². The van der Waals surface area contributed by atoms with E-state index in [0.29, 0.717) is 23.5 Å². The second-order valence-electron chi connectivity index (χ2n) is 4.74. The highest BCUT2D eigenvalue weighted by Gasteiger charge is 2.13. The Morgan fingerprint density at radius 2 is 2.24 bits per heavy atom. The number of nitrogen functional groups attached to an aromatic ring is 1. The van der Waals surface area contributed by atoms with Crippen molar-refractivity contribution in [3.05, 3.63) is 41.2 Å². The van der Waals surface area contributed by atoms with E-state index in [1.165, 1.54) is 7.11 Å². The third-order valence-electron chi connectivity index (χ3n) is 3.31. The second-order valence-corrected chi connectivity index (χ2v) is 4.74. The lowest BCUT2D eigenvalue weighted by atomic mass is 10.1. The fourth-order valence-electron chi connectivity index (χ4n) is 2.23. The Balaban J connectivity index is 2.18. The molecule has 0 saturated heterocycles. The van der Waals surface area contributed by atoms with Crippen molar-refractivity contribution in [2.24, 2.45) is 7.05 Å². The summed E-state index contributed by atoms with van der Waals surface area (Å²) in [5.41, 5.74) is 9.65. The average molecular weight is 288 g/mol. The van der Waals surface area contributed by atoms with Crippen molar-refractivity contribution in [1.29, 1.82) is 0 Å². The van der Waals surface area contributed by atoms with E-state index in [0.717, 1.165) is 17.7 Å². The summed E-state index contributed by atoms with van der Waals surface area (Å²) in [5.74, 6) is -0.438. The molecule has 21 heavy (non-hydrogen) atoms. The Kier molecular flexibility index (Phi) is 4.47. The Bertz CT molecular complexity index is 649. The van der Waals surface area contributed by atoms with Crippen molar-refractivity contribution in [1.82, 2.24) is 9.78 Å². The normalized spacial score (nSPS) is 10.4. The minimum atomic E-state index is -0.438. The Morgan fingerprint density at radius 1 is 1.48 bits per heavy atom. The SMILES string of the molecule is CCc1nn(C)cc1CNc1cccc(C(=O)OC)c1N. The summed E-state index contributed by atoms with van der Waals surface area (Å²) >= 11 is 0. The molecule has 0 bridgehead atoms. The van der Waals surface area contributed by atoms with Gasteiger partial charge >= 0.3 is 5.97 Å². The van der Waals surface area contributed by atoms with Gasteiger partial charge in [0.05, 0.1) is 29.7 Å². The van der Waals surface area contributed by atoms with E-state index < -0.39 is 5.97 Å². The molecule has 0 unspecified atom stereocenters. The van der Waals surface area contributed by atoms with Crippen LogP contribution in [-0.4, -0.2) is 22.9 Å². The van der Waals surface area contributed by atoms with Crippen molar-refractivity contribution >= 4 is 17.3 Å². The number of benzene rings is 1. The van der Waals surface area contributed by atoms with Gasteiger partial charge in [0, 0.05) is 25.4 Å². The lowest BCUT2D eigenvalue weighted by molar-refractivity contribution is 0.0602. The molecule has 0 spiro atoms. The van der Waals surface area contributed by atoms with Crippen LogP contribution in [0, 0.1) is 0 Å². The Labute approximate surface area is 123 Å². The van der Waals surface area contributed by atoms with Crippen LogP contribution < -0.4 is 11.1 Å². The molecule has 0 atom stereocenters. The van der Waals surface area contributed by atoms with Crippen LogP contribution in [0.5, 0.6) is 0 Å². The summed E-state index contributed by atoms with van der Waals surface area (Å²) in [4.78, 5) is 11.6. The fraction of sp³-hybridized carbons (Fsp3) is 0.333. The topological polar surface area (TPSA) is 82.2 Å². The van der Waals surface area contributed by atoms with Gasteiger partial charge in [-0.25, -0.2) is 4.79 Å². The van der Waals surface area contributed by atoms with E-state index in [9.17, 15) is 4.79 Å². The van der Waals surface area contributed by atoms with Gasteiger partial charge in [0.15, 0.2) is 0 Å². The summed E-state index contributed by atoms with van der Waals surface area (Å²) in [7, 11) is 3.24. The minimum absolute atomic E-state index is 0.365. The monoisotopic (exact) mass is 288 g/mol. The van der Waals surface area contributed by atoms with Crippen molar-refractivity contribution in [3.8, 4) is 0 Å². The number of hydrogen-bond acceptors (Lipinski definition) is 5.